The molecule has 0 radical (unpaired) electrons. The van der Waals surface area contributed by atoms with Crippen LogP contribution in [0.25, 0.3) is 0 Å². The zero-order chi connectivity index (χ0) is 14.5. The van der Waals surface area contributed by atoms with Gasteiger partial charge in [0.15, 0.2) is 0 Å². The summed E-state index contributed by atoms with van der Waals surface area (Å²) in [5.74, 6) is 0.419. The van der Waals surface area contributed by atoms with Crippen molar-refractivity contribution in [2.45, 2.75) is 25.0 Å². The molecular formula is C14H18Cl2N2OS. The average molecular weight is 333 g/mol. The van der Waals surface area contributed by atoms with Gasteiger partial charge in [-0.3, -0.25) is 4.79 Å². The summed E-state index contributed by atoms with van der Waals surface area (Å²) in [5, 5.41) is 7.84. The van der Waals surface area contributed by atoms with Gasteiger partial charge in [0.1, 0.15) is 0 Å². The molecule has 1 heterocycles. The van der Waals surface area contributed by atoms with Crippen molar-refractivity contribution in [3.8, 4) is 0 Å². The number of aryl methyl sites for hydroxylation is 1. The van der Waals surface area contributed by atoms with Crippen LogP contribution >= 0.6 is 35.0 Å². The summed E-state index contributed by atoms with van der Waals surface area (Å²) >= 11 is 13.9. The number of amides is 1. The van der Waals surface area contributed by atoms with Crippen LogP contribution in [-0.4, -0.2) is 30.0 Å². The number of rotatable bonds is 4. The maximum atomic E-state index is 12.0. The van der Waals surface area contributed by atoms with Gasteiger partial charge in [0.25, 0.3) is 0 Å². The van der Waals surface area contributed by atoms with E-state index in [1.807, 2.05) is 6.92 Å². The number of benzene rings is 1. The number of halogens is 2. The van der Waals surface area contributed by atoms with E-state index in [1.165, 1.54) is 0 Å². The molecule has 0 unspecified atom stereocenters. The zero-order valence-electron chi connectivity index (χ0n) is 11.3. The minimum absolute atomic E-state index is 0.0321. The Bertz CT molecular complexity index is 490. The number of hydrogen-bond acceptors (Lipinski definition) is 3. The van der Waals surface area contributed by atoms with E-state index in [-0.39, 0.29) is 5.91 Å². The second-order valence-electron chi connectivity index (χ2n) is 4.89. The molecule has 110 valence electrons. The summed E-state index contributed by atoms with van der Waals surface area (Å²) in [4.78, 5) is 12.0. The average Bonchev–Trinajstić information content (AvgIpc) is 2.44. The Labute approximate surface area is 133 Å². The smallest absolute Gasteiger partial charge is 0.234 e. The molecule has 2 N–H and O–H groups in total. The number of carbonyl (C=O) groups excluding carboxylic acids is 1. The van der Waals surface area contributed by atoms with Crippen molar-refractivity contribution >= 4 is 46.6 Å². The monoisotopic (exact) mass is 332 g/mol. The first-order valence-electron chi connectivity index (χ1n) is 6.64. The van der Waals surface area contributed by atoms with E-state index in [4.69, 9.17) is 23.2 Å². The molecule has 0 aliphatic carbocycles. The highest BCUT2D eigenvalue weighted by atomic mass is 35.5. The van der Waals surface area contributed by atoms with Crippen LogP contribution in [-0.2, 0) is 4.79 Å². The minimum Gasteiger partial charge on any atom is -0.324 e. The van der Waals surface area contributed by atoms with Gasteiger partial charge in [0, 0.05) is 10.3 Å². The number of piperidine rings is 1. The highest BCUT2D eigenvalue weighted by molar-refractivity contribution is 8.00. The van der Waals surface area contributed by atoms with Gasteiger partial charge in [-0.1, -0.05) is 23.2 Å². The number of carbonyl (C=O) groups is 1. The molecule has 1 amide bonds. The summed E-state index contributed by atoms with van der Waals surface area (Å²) in [5.41, 5.74) is 1.48. The van der Waals surface area contributed by atoms with E-state index in [1.54, 1.807) is 23.9 Å². The van der Waals surface area contributed by atoms with Crippen molar-refractivity contribution in [3.05, 3.63) is 27.7 Å². The van der Waals surface area contributed by atoms with E-state index in [0.717, 1.165) is 31.5 Å². The fourth-order valence-corrected chi connectivity index (χ4v) is 3.54. The standard InChI is InChI=1S/C14H18Cl2N2OS/c1-9-6-12(16)13(7-11(9)15)18-14(19)8-20-10-2-4-17-5-3-10/h6-7,10,17H,2-5,8H2,1H3,(H,18,19). The molecule has 2 rings (SSSR count). The molecule has 0 bridgehead atoms. The molecule has 0 atom stereocenters. The third kappa shape index (κ3) is 4.55. The Morgan fingerprint density at radius 3 is 2.75 bits per heavy atom. The van der Waals surface area contributed by atoms with E-state index >= 15 is 0 Å². The van der Waals surface area contributed by atoms with Crippen LogP contribution in [0.3, 0.4) is 0 Å². The first-order valence-corrected chi connectivity index (χ1v) is 8.44. The molecule has 1 aromatic rings. The molecule has 1 aliphatic rings. The topological polar surface area (TPSA) is 41.1 Å². The molecule has 0 spiro atoms. The highest BCUT2D eigenvalue weighted by Crippen LogP contribution is 2.29. The molecule has 1 fully saturated rings. The quantitative estimate of drug-likeness (QED) is 0.882. The number of anilines is 1. The molecule has 6 heteroatoms. The van der Waals surface area contributed by atoms with Crippen molar-refractivity contribution in [3.63, 3.8) is 0 Å². The van der Waals surface area contributed by atoms with E-state index < -0.39 is 0 Å². The van der Waals surface area contributed by atoms with Crippen molar-refractivity contribution in [1.82, 2.24) is 5.32 Å². The van der Waals surface area contributed by atoms with E-state index in [9.17, 15) is 4.79 Å². The minimum atomic E-state index is -0.0321. The SMILES string of the molecule is Cc1cc(Cl)c(NC(=O)CSC2CCNCC2)cc1Cl. The molecule has 1 aliphatic heterocycles. The van der Waals surface area contributed by atoms with Gasteiger partial charge in [-0.2, -0.15) is 0 Å². The number of nitrogens with one attached hydrogen (secondary N) is 2. The lowest BCUT2D eigenvalue weighted by Crippen LogP contribution is -2.30. The normalized spacial score (nSPS) is 16.1. The fraction of sp³-hybridized carbons (Fsp3) is 0.500. The van der Waals surface area contributed by atoms with E-state index in [0.29, 0.717) is 26.7 Å². The lowest BCUT2D eigenvalue weighted by atomic mass is 10.2. The van der Waals surface area contributed by atoms with Gasteiger partial charge in [-0.25, -0.2) is 0 Å². The number of thioether (sulfide) groups is 1. The van der Waals surface area contributed by atoms with Crippen LogP contribution in [0.4, 0.5) is 5.69 Å². The molecule has 3 nitrogen and oxygen atoms in total. The Morgan fingerprint density at radius 2 is 2.05 bits per heavy atom. The van der Waals surface area contributed by atoms with Gasteiger partial charge < -0.3 is 10.6 Å². The predicted octanol–water partition coefficient (Wildman–Crippen LogP) is 3.73. The molecule has 0 saturated carbocycles. The molecule has 1 saturated heterocycles. The Morgan fingerprint density at radius 1 is 1.35 bits per heavy atom. The van der Waals surface area contributed by atoms with Gasteiger partial charge >= 0.3 is 0 Å². The Kier molecular flexibility index (Phi) is 6.02. The second-order valence-corrected chi connectivity index (χ2v) is 6.99. The van der Waals surface area contributed by atoms with Crippen LogP contribution in [0, 0.1) is 6.92 Å². The van der Waals surface area contributed by atoms with Crippen LogP contribution in [0.2, 0.25) is 10.0 Å². The third-order valence-electron chi connectivity index (χ3n) is 3.26. The predicted molar refractivity (Wildman–Crippen MR) is 88.2 cm³/mol. The Hall–Kier alpha value is -0.420. The molecule has 1 aromatic carbocycles. The lowest BCUT2D eigenvalue weighted by Gasteiger charge is -2.21. The molecule has 20 heavy (non-hydrogen) atoms. The summed E-state index contributed by atoms with van der Waals surface area (Å²) in [6.45, 7) is 3.96. The lowest BCUT2D eigenvalue weighted by molar-refractivity contribution is -0.113. The fourth-order valence-electron chi connectivity index (χ4n) is 2.08. The molecular weight excluding hydrogens is 315 g/mol. The number of hydrogen-bond donors (Lipinski definition) is 2. The summed E-state index contributed by atoms with van der Waals surface area (Å²) in [6, 6.07) is 3.46. The van der Waals surface area contributed by atoms with Crippen molar-refractivity contribution in [2.75, 3.05) is 24.2 Å². The van der Waals surface area contributed by atoms with Crippen LogP contribution in [0.5, 0.6) is 0 Å². The summed E-state index contributed by atoms with van der Waals surface area (Å²) < 4.78 is 0. The van der Waals surface area contributed by atoms with Crippen molar-refractivity contribution in [2.24, 2.45) is 0 Å². The summed E-state index contributed by atoms with van der Waals surface area (Å²) in [7, 11) is 0. The van der Waals surface area contributed by atoms with E-state index in [2.05, 4.69) is 10.6 Å². The maximum absolute atomic E-state index is 12.0. The highest BCUT2D eigenvalue weighted by Gasteiger charge is 2.15. The third-order valence-corrected chi connectivity index (χ3v) is 5.35. The van der Waals surface area contributed by atoms with Gasteiger partial charge in [-0.15, -0.1) is 11.8 Å². The van der Waals surface area contributed by atoms with Gasteiger partial charge in [0.2, 0.25) is 5.91 Å². The maximum Gasteiger partial charge on any atom is 0.234 e. The van der Waals surface area contributed by atoms with Crippen molar-refractivity contribution in [1.29, 1.82) is 0 Å². The first-order chi connectivity index (χ1) is 9.56. The molecule has 0 aromatic heterocycles. The van der Waals surface area contributed by atoms with Gasteiger partial charge in [-0.05, 0) is 50.6 Å². The van der Waals surface area contributed by atoms with Crippen LogP contribution in [0.1, 0.15) is 18.4 Å². The Balaban J connectivity index is 1.86. The largest absolute Gasteiger partial charge is 0.324 e. The second kappa shape index (κ2) is 7.55. The zero-order valence-corrected chi connectivity index (χ0v) is 13.7. The summed E-state index contributed by atoms with van der Waals surface area (Å²) in [6.07, 6.45) is 2.24. The first kappa shape index (κ1) is 16.0. The van der Waals surface area contributed by atoms with Crippen molar-refractivity contribution < 1.29 is 4.79 Å². The van der Waals surface area contributed by atoms with Crippen LogP contribution in [0.15, 0.2) is 12.1 Å². The van der Waals surface area contributed by atoms with Crippen LogP contribution < -0.4 is 10.6 Å². The van der Waals surface area contributed by atoms with Gasteiger partial charge in [0.05, 0.1) is 16.5 Å².